The number of ketones is 1. The van der Waals surface area contributed by atoms with Gasteiger partial charge in [0.05, 0.1) is 5.92 Å². The van der Waals surface area contributed by atoms with Gasteiger partial charge in [0, 0.05) is 11.8 Å². The smallest absolute Gasteiger partial charge is 0.308 e. The van der Waals surface area contributed by atoms with Gasteiger partial charge in [0.1, 0.15) is 11.9 Å². The van der Waals surface area contributed by atoms with Crippen LogP contribution in [0.2, 0.25) is 0 Å². The van der Waals surface area contributed by atoms with Gasteiger partial charge < -0.3 is 4.74 Å². The first kappa shape index (κ1) is 23.6. The minimum atomic E-state index is -0.193. The van der Waals surface area contributed by atoms with Crippen LogP contribution < -0.4 is 0 Å². The van der Waals surface area contributed by atoms with Gasteiger partial charge in [-0.05, 0) is 91.8 Å². The van der Waals surface area contributed by atoms with Crippen molar-refractivity contribution in [1.29, 1.82) is 0 Å². The lowest BCUT2D eigenvalue weighted by Gasteiger charge is -2.61. The van der Waals surface area contributed by atoms with E-state index in [0.717, 1.165) is 32.1 Å². The fourth-order valence-electron chi connectivity index (χ4n) is 9.86. The molecule has 1 aliphatic heterocycles. The van der Waals surface area contributed by atoms with Gasteiger partial charge in [0.25, 0.3) is 0 Å². The number of esters is 1. The number of cyclic esters (lactones) is 1. The summed E-state index contributed by atoms with van der Waals surface area (Å²) in [5.41, 5.74) is 4.01. The zero-order valence-electron chi connectivity index (χ0n) is 22.2. The van der Waals surface area contributed by atoms with Gasteiger partial charge in [-0.3, -0.25) is 9.59 Å². The van der Waals surface area contributed by atoms with E-state index in [1.54, 1.807) is 11.1 Å². The summed E-state index contributed by atoms with van der Waals surface area (Å²) in [7, 11) is 0. The van der Waals surface area contributed by atoms with E-state index >= 15 is 0 Å². The van der Waals surface area contributed by atoms with Crippen LogP contribution >= 0.6 is 0 Å². The quantitative estimate of drug-likeness (QED) is 0.325. The molecule has 0 bridgehead atoms. The molecule has 0 spiro atoms. The topological polar surface area (TPSA) is 43.4 Å². The summed E-state index contributed by atoms with van der Waals surface area (Å²) in [6.07, 6.45) is 11.2. The molecule has 0 unspecified atom stereocenters. The maximum atomic E-state index is 12.8. The Bertz CT molecular complexity index is 898. The Balaban J connectivity index is 1.47. The van der Waals surface area contributed by atoms with E-state index in [4.69, 9.17) is 4.74 Å². The molecule has 5 aliphatic rings. The standard InChI is InChI=1S/C30H46O3/c1-18-8-10-23(33-26(18)32)19(2)20-12-16-30(7)22-9-11-24-27(3,4)25(31)14-15-28(24,5)21(22)13-17-29(20,30)6/h18-20,23-24H,8-17H2,1-7H3/t18-,19-,20+,23-,24-,28+,29+,30-/m0/s1. The van der Waals surface area contributed by atoms with E-state index < -0.39 is 0 Å². The molecule has 0 aromatic carbocycles. The highest BCUT2D eigenvalue weighted by Crippen LogP contribution is 2.72. The van der Waals surface area contributed by atoms with Crippen LogP contribution in [-0.4, -0.2) is 17.9 Å². The molecule has 0 aromatic heterocycles. The van der Waals surface area contributed by atoms with Gasteiger partial charge in [0.15, 0.2) is 0 Å². The highest BCUT2D eigenvalue weighted by Gasteiger charge is 2.64. The first-order chi connectivity index (χ1) is 15.4. The molecule has 1 heterocycles. The third-order valence-electron chi connectivity index (χ3n) is 12.3. The first-order valence-electron chi connectivity index (χ1n) is 13.8. The van der Waals surface area contributed by atoms with Crippen LogP contribution in [0.15, 0.2) is 11.1 Å². The maximum absolute atomic E-state index is 12.8. The normalized spacial score (nSPS) is 48.0. The van der Waals surface area contributed by atoms with Crippen molar-refractivity contribution < 1.29 is 14.3 Å². The van der Waals surface area contributed by atoms with E-state index in [-0.39, 0.29) is 39.7 Å². The molecular weight excluding hydrogens is 408 g/mol. The van der Waals surface area contributed by atoms with E-state index in [9.17, 15) is 9.59 Å². The fourth-order valence-corrected chi connectivity index (χ4v) is 9.86. The van der Waals surface area contributed by atoms with E-state index in [0.29, 0.717) is 23.5 Å². The highest BCUT2D eigenvalue weighted by atomic mass is 16.5. The number of carbonyl (C=O) groups excluding carboxylic acids is 2. The van der Waals surface area contributed by atoms with E-state index in [2.05, 4.69) is 41.5 Å². The van der Waals surface area contributed by atoms with E-state index in [1.165, 1.54) is 32.1 Å². The summed E-state index contributed by atoms with van der Waals surface area (Å²) in [6, 6.07) is 0. The summed E-state index contributed by atoms with van der Waals surface area (Å²) in [5.74, 6) is 2.07. The SMILES string of the molecule is C[C@H]([C@@H]1CC[C@H](C)C(=O)O1)[C@H]1CC[C@@]2(C)C3=C(CC[C@]12C)[C@@]1(C)CCC(=O)C(C)(C)[C@@H]1CC3. The molecule has 4 aliphatic carbocycles. The van der Waals surface area contributed by atoms with Crippen molar-refractivity contribution in [2.24, 2.45) is 45.3 Å². The molecule has 1 saturated heterocycles. The van der Waals surface area contributed by atoms with Gasteiger partial charge in [-0.25, -0.2) is 0 Å². The molecule has 5 rings (SSSR count). The number of fused-ring (bicyclic) bond motifs is 4. The largest absolute Gasteiger partial charge is 0.462 e. The Labute approximate surface area is 201 Å². The molecule has 0 aromatic rings. The Morgan fingerprint density at radius 1 is 0.848 bits per heavy atom. The highest BCUT2D eigenvalue weighted by molar-refractivity contribution is 5.85. The number of hydrogen-bond acceptors (Lipinski definition) is 3. The molecule has 0 N–H and O–H groups in total. The van der Waals surface area contributed by atoms with Crippen molar-refractivity contribution in [3.8, 4) is 0 Å². The minimum absolute atomic E-state index is 0.0124. The van der Waals surface area contributed by atoms with Gasteiger partial charge in [-0.15, -0.1) is 0 Å². The van der Waals surface area contributed by atoms with Gasteiger partial charge in [-0.1, -0.05) is 59.6 Å². The maximum Gasteiger partial charge on any atom is 0.308 e. The molecule has 3 nitrogen and oxygen atoms in total. The average Bonchev–Trinajstić information content (AvgIpc) is 3.04. The third kappa shape index (κ3) is 3.05. The summed E-state index contributed by atoms with van der Waals surface area (Å²) < 4.78 is 5.97. The molecule has 184 valence electrons. The zero-order chi connectivity index (χ0) is 24.0. The minimum Gasteiger partial charge on any atom is -0.462 e. The van der Waals surface area contributed by atoms with Crippen LogP contribution in [0.5, 0.6) is 0 Å². The zero-order valence-corrected chi connectivity index (χ0v) is 22.2. The predicted octanol–water partition coefficient (Wildman–Crippen LogP) is 7.28. The molecule has 2 saturated carbocycles. The van der Waals surface area contributed by atoms with E-state index in [1.807, 2.05) is 6.92 Å². The van der Waals surface area contributed by atoms with Crippen LogP contribution in [0.25, 0.3) is 0 Å². The van der Waals surface area contributed by atoms with Crippen molar-refractivity contribution in [2.75, 3.05) is 0 Å². The number of carbonyl (C=O) groups is 2. The second-order valence-corrected chi connectivity index (χ2v) is 13.8. The van der Waals surface area contributed by atoms with Gasteiger partial charge in [0.2, 0.25) is 0 Å². The molecule has 3 fully saturated rings. The fraction of sp³-hybridized carbons (Fsp3) is 0.867. The number of hydrogen-bond donors (Lipinski definition) is 0. The number of rotatable bonds is 2. The Hall–Kier alpha value is -1.12. The molecular formula is C30H46O3. The van der Waals surface area contributed by atoms with Crippen LogP contribution in [-0.2, 0) is 14.3 Å². The number of ether oxygens (including phenoxy) is 1. The molecule has 3 heteroatoms. The monoisotopic (exact) mass is 454 g/mol. The van der Waals surface area contributed by atoms with Crippen molar-refractivity contribution in [3.05, 3.63) is 11.1 Å². The summed E-state index contributed by atoms with van der Waals surface area (Å²) in [6.45, 7) is 16.5. The summed E-state index contributed by atoms with van der Waals surface area (Å²) >= 11 is 0. The Kier molecular flexibility index (Phi) is 5.32. The molecule has 0 amide bonds. The Morgan fingerprint density at radius 2 is 1.58 bits per heavy atom. The number of allylic oxidation sites excluding steroid dienone is 2. The van der Waals surface area contributed by atoms with Crippen molar-refractivity contribution in [2.45, 2.75) is 119 Å². The lowest BCUT2D eigenvalue weighted by atomic mass is 9.43. The summed E-state index contributed by atoms with van der Waals surface area (Å²) in [4.78, 5) is 25.2. The lowest BCUT2D eigenvalue weighted by molar-refractivity contribution is -0.165. The van der Waals surface area contributed by atoms with Gasteiger partial charge >= 0.3 is 5.97 Å². The summed E-state index contributed by atoms with van der Waals surface area (Å²) in [5, 5.41) is 0. The predicted molar refractivity (Wildman–Crippen MR) is 131 cm³/mol. The third-order valence-corrected chi connectivity index (χ3v) is 12.3. The second kappa shape index (κ2) is 7.44. The van der Waals surface area contributed by atoms with Crippen molar-refractivity contribution >= 4 is 11.8 Å². The van der Waals surface area contributed by atoms with Crippen LogP contribution in [0.4, 0.5) is 0 Å². The Morgan fingerprint density at radius 3 is 2.27 bits per heavy atom. The van der Waals surface area contributed by atoms with Crippen LogP contribution in [0.3, 0.4) is 0 Å². The average molecular weight is 455 g/mol. The van der Waals surface area contributed by atoms with Gasteiger partial charge in [-0.2, -0.15) is 0 Å². The number of Topliss-reactive ketones (excluding diaryl/α,β-unsaturated/α-hetero) is 1. The molecule has 8 atom stereocenters. The lowest BCUT2D eigenvalue weighted by Crippen LogP contribution is -2.54. The van der Waals surface area contributed by atoms with Crippen LogP contribution in [0.1, 0.15) is 113 Å². The molecule has 0 radical (unpaired) electrons. The van der Waals surface area contributed by atoms with Crippen molar-refractivity contribution in [3.63, 3.8) is 0 Å². The van der Waals surface area contributed by atoms with Crippen LogP contribution in [0, 0.1) is 45.3 Å². The second-order valence-electron chi connectivity index (χ2n) is 13.8. The molecule has 33 heavy (non-hydrogen) atoms. The first-order valence-corrected chi connectivity index (χ1v) is 13.8. The van der Waals surface area contributed by atoms with Crippen molar-refractivity contribution in [1.82, 2.24) is 0 Å².